The van der Waals surface area contributed by atoms with E-state index in [0.29, 0.717) is 10.6 Å². The molecule has 1 saturated carbocycles. The van der Waals surface area contributed by atoms with Gasteiger partial charge in [-0.2, -0.15) is 4.72 Å². The average molecular weight is 445 g/mol. The van der Waals surface area contributed by atoms with E-state index in [4.69, 9.17) is 4.52 Å². The normalized spacial score (nSPS) is 23.1. The number of carboxylic acids is 1. The summed E-state index contributed by atoms with van der Waals surface area (Å²) in [6.07, 6.45) is 4.06. The quantitative estimate of drug-likeness (QED) is 0.602. The van der Waals surface area contributed by atoms with Crippen LogP contribution in [0.1, 0.15) is 42.1 Å². The van der Waals surface area contributed by atoms with E-state index >= 15 is 0 Å². The van der Waals surface area contributed by atoms with E-state index in [2.05, 4.69) is 9.88 Å². The van der Waals surface area contributed by atoms with Gasteiger partial charge < -0.3 is 9.63 Å². The van der Waals surface area contributed by atoms with E-state index in [-0.39, 0.29) is 10.6 Å². The minimum Gasteiger partial charge on any atom is -0.480 e. The van der Waals surface area contributed by atoms with Crippen molar-refractivity contribution in [1.82, 2.24) is 9.88 Å². The number of hydrogen-bond acceptors (Lipinski definition) is 6. The van der Waals surface area contributed by atoms with Crippen LogP contribution in [-0.4, -0.2) is 30.2 Å². The topological polar surface area (TPSA) is 110 Å². The minimum absolute atomic E-state index is 0.0735. The molecule has 2 heterocycles. The zero-order valence-corrected chi connectivity index (χ0v) is 17.6. The number of nitrogens with one attached hydrogen (secondary N) is 1. The Morgan fingerprint density at radius 2 is 1.93 bits per heavy atom. The Hall–Kier alpha value is -2.49. The Morgan fingerprint density at radius 1 is 1.17 bits per heavy atom. The molecule has 0 aliphatic heterocycles. The van der Waals surface area contributed by atoms with Crippen molar-refractivity contribution in [3.63, 3.8) is 0 Å². The summed E-state index contributed by atoms with van der Waals surface area (Å²) in [5.41, 5.74) is 1.03. The fraction of sp³-hybridized carbons (Fsp3) is 0.333. The number of aliphatic carboxylic acids is 1. The third-order valence-corrected chi connectivity index (χ3v) is 8.98. The van der Waals surface area contributed by atoms with Gasteiger partial charge in [-0.15, -0.1) is 11.3 Å². The van der Waals surface area contributed by atoms with Crippen LogP contribution in [0.4, 0.5) is 0 Å². The molecule has 0 saturated heterocycles. The first kappa shape index (κ1) is 19.5. The van der Waals surface area contributed by atoms with Gasteiger partial charge in [-0.25, -0.2) is 8.42 Å². The number of fused-ring (bicyclic) bond motifs is 1. The number of rotatable bonds is 6. The molecule has 9 heteroatoms. The molecule has 2 aliphatic rings. The smallest absolute Gasteiger partial charge is 0.325 e. The van der Waals surface area contributed by atoms with Gasteiger partial charge in [0.05, 0.1) is 4.88 Å². The highest BCUT2D eigenvalue weighted by atomic mass is 32.2. The molecule has 156 valence electrons. The van der Waals surface area contributed by atoms with Gasteiger partial charge in [-0.1, -0.05) is 35.5 Å². The molecule has 0 bridgehead atoms. The molecule has 3 aromatic rings. The fourth-order valence-electron chi connectivity index (χ4n) is 4.20. The lowest BCUT2D eigenvalue weighted by Gasteiger charge is -2.14. The Kier molecular flexibility index (Phi) is 4.57. The Balaban J connectivity index is 1.42. The molecule has 2 atom stereocenters. The fourth-order valence-corrected chi connectivity index (χ4v) is 6.92. The van der Waals surface area contributed by atoms with E-state index in [1.807, 2.05) is 30.3 Å². The van der Waals surface area contributed by atoms with E-state index in [0.717, 1.165) is 53.9 Å². The van der Waals surface area contributed by atoms with Crippen LogP contribution in [0.25, 0.3) is 10.6 Å². The molecular formula is C21H20N2O5S2. The highest BCUT2D eigenvalue weighted by Crippen LogP contribution is 2.52. The Morgan fingerprint density at radius 3 is 2.70 bits per heavy atom. The molecule has 5 rings (SSSR count). The number of nitrogens with zero attached hydrogens (tertiary/aromatic N) is 1. The van der Waals surface area contributed by atoms with E-state index < -0.39 is 27.4 Å². The highest BCUT2D eigenvalue weighted by molar-refractivity contribution is 7.91. The molecule has 0 radical (unpaired) electrons. The zero-order valence-electron chi connectivity index (χ0n) is 16.0. The predicted molar refractivity (Wildman–Crippen MR) is 111 cm³/mol. The molecule has 2 aliphatic carbocycles. The number of aromatic nitrogens is 1. The van der Waals surface area contributed by atoms with Crippen molar-refractivity contribution < 1.29 is 22.8 Å². The lowest BCUT2D eigenvalue weighted by Crippen LogP contribution is -2.44. The van der Waals surface area contributed by atoms with E-state index in [1.54, 1.807) is 6.07 Å². The molecule has 7 nitrogen and oxygen atoms in total. The van der Waals surface area contributed by atoms with Crippen molar-refractivity contribution in [2.24, 2.45) is 0 Å². The van der Waals surface area contributed by atoms with Gasteiger partial charge in [0.2, 0.25) is 0 Å². The van der Waals surface area contributed by atoms with Gasteiger partial charge in [0.25, 0.3) is 10.0 Å². The van der Waals surface area contributed by atoms with Crippen molar-refractivity contribution >= 4 is 27.3 Å². The summed E-state index contributed by atoms with van der Waals surface area (Å²) in [5, 5.41) is 13.9. The second kappa shape index (κ2) is 7.04. The highest BCUT2D eigenvalue weighted by Gasteiger charge is 2.63. The van der Waals surface area contributed by atoms with Crippen molar-refractivity contribution in [1.29, 1.82) is 0 Å². The van der Waals surface area contributed by atoms with Crippen LogP contribution in [0.2, 0.25) is 0 Å². The number of benzene rings is 1. The number of sulfonamides is 1. The van der Waals surface area contributed by atoms with Gasteiger partial charge in [0.1, 0.15) is 21.2 Å². The van der Waals surface area contributed by atoms with E-state index in [9.17, 15) is 18.3 Å². The number of carboxylic acid groups (broad SMARTS) is 1. The monoisotopic (exact) mass is 444 g/mol. The maximum Gasteiger partial charge on any atom is 0.325 e. The number of hydrogen-bond donors (Lipinski definition) is 2. The van der Waals surface area contributed by atoms with Crippen LogP contribution in [-0.2, 0) is 27.7 Å². The van der Waals surface area contributed by atoms with Crippen LogP contribution in [0.5, 0.6) is 0 Å². The molecule has 0 spiro atoms. The molecule has 0 unspecified atom stereocenters. The lowest BCUT2D eigenvalue weighted by molar-refractivity contribution is -0.140. The molecule has 1 fully saturated rings. The summed E-state index contributed by atoms with van der Waals surface area (Å²) in [5.74, 6) is -0.684. The first-order valence-electron chi connectivity index (χ1n) is 9.81. The van der Waals surface area contributed by atoms with Crippen molar-refractivity contribution in [2.45, 2.75) is 47.8 Å². The second-order valence-corrected chi connectivity index (χ2v) is 10.8. The van der Waals surface area contributed by atoms with Gasteiger partial charge in [0, 0.05) is 17.9 Å². The van der Waals surface area contributed by atoms with Gasteiger partial charge in [-0.3, -0.25) is 4.79 Å². The molecule has 30 heavy (non-hydrogen) atoms. The zero-order chi connectivity index (χ0) is 20.9. The lowest BCUT2D eigenvalue weighted by atomic mass is 9.96. The summed E-state index contributed by atoms with van der Waals surface area (Å²) >= 11 is 1.08. The van der Waals surface area contributed by atoms with Crippen molar-refractivity contribution in [3.05, 3.63) is 59.4 Å². The van der Waals surface area contributed by atoms with Crippen LogP contribution >= 0.6 is 11.3 Å². The Bertz CT molecular complexity index is 1220. The first-order chi connectivity index (χ1) is 14.4. The van der Waals surface area contributed by atoms with Gasteiger partial charge in [0.15, 0.2) is 0 Å². The standard InChI is InChI=1S/C21H20N2O5S2/c24-20(25)21(12-15(21)13-6-2-1-3-7-13)23-30(26,27)18-11-10-17(29-18)19-14-8-4-5-9-16(14)28-22-19/h1-3,6-7,10-11,15,23H,4-5,8-9,12H2,(H,24,25)/t15-,21-/m0/s1. The van der Waals surface area contributed by atoms with Crippen molar-refractivity contribution in [2.75, 3.05) is 0 Å². The summed E-state index contributed by atoms with van der Waals surface area (Å²) < 4.78 is 34.0. The predicted octanol–water partition coefficient (Wildman–Crippen LogP) is 3.57. The largest absolute Gasteiger partial charge is 0.480 e. The maximum atomic E-state index is 13.0. The number of aryl methyl sites for hydroxylation is 1. The van der Waals surface area contributed by atoms with Crippen LogP contribution < -0.4 is 4.72 Å². The van der Waals surface area contributed by atoms with Gasteiger partial charge >= 0.3 is 5.97 Å². The maximum absolute atomic E-state index is 13.0. The summed E-state index contributed by atoms with van der Waals surface area (Å²) in [6, 6.07) is 12.3. The summed E-state index contributed by atoms with van der Waals surface area (Å²) in [6.45, 7) is 0. The number of thiophene rings is 1. The van der Waals surface area contributed by atoms with E-state index in [1.165, 1.54) is 6.07 Å². The average Bonchev–Trinajstić information content (AvgIpc) is 3.07. The molecule has 2 N–H and O–H groups in total. The van der Waals surface area contributed by atoms with Crippen LogP contribution in [0.3, 0.4) is 0 Å². The molecular weight excluding hydrogens is 424 g/mol. The number of carbonyl (C=O) groups is 1. The van der Waals surface area contributed by atoms with Crippen LogP contribution in [0, 0.1) is 0 Å². The third kappa shape index (κ3) is 3.17. The van der Waals surface area contributed by atoms with Crippen molar-refractivity contribution in [3.8, 4) is 10.6 Å². The summed E-state index contributed by atoms with van der Waals surface area (Å²) in [4.78, 5) is 12.7. The molecule has 2 aromatic heterocycles. The minimum atomic E-state index is -4.00. The van der Waals surface area contributed by atoms with Gasteiger partial charge in [-0.05, 0) is 43.4 Å². The van der Waals surface area contributed by atoms with Crippen LogP contribution in [0.15, 0.2) is 51.2 Å². The second-order valence-electron chi connectivity index (χ2n) is 7.81. The molecule has 1 aromatic carbocycles. The first-order valence-corrected chi connectivity index (χ1v) is 12.1. The summed E-state index contributed by atoms with van der Waals surface area (Å²) in [7, 11) is -4.00. The Labute approximate surface area is 177 Å². The SMILES string of the molecule is O=C(O)[C@]1(NS(=O)(=O)c2ccc(-c3noc4c3CCCC4)s2)C[C@H]1c1ccccc1. The third-order valence-electron chi connectivity index (χ3n) is 5.89. The molecule has 0 amide bonds.